The topological polar surface area (TPSA) is 63.3 Å². The van der Waals surface area contributed by atoms with Gasteiger partial charge in [0.2, 0.25) is 0 Å². The summed E-state index contributed by atoms with van der Waals surface area (Å²) in [7, 11) is 0. The lowest BCUT2D eigenvalue weighted by molar-refractivity contribution is 0.450. The third kappa shape index (κ3) is 1.67. The molecule has 1 N–H and O–H groups in total. The summed E-state index contributed by atoms with van der Waals surface area (Å²) in [5.74, 6) is 0.802. The Morgan fingerprint density at radius 3 is 3.15 bits per heavy atom. The van der Waals surface area contributed by atoms with Gasteiger partial charge >= 0.3 is 0 Å². The number of benzene rings is 1. The van der Waals surface area contributed by atoms with Crippen LogP contribution in [-0.4, -0.2) is 16.0 Å². The largest absolute Gasteiger partial charge is 0.356 e. The minimum Gasteiger partial charge on any atom is -0.356 e. The van der Waals surface area contributed by atoms with E-state index in [1.54, 1.807) is 6.20 Å². The summed E-state index contributed by atoms with van der Waals surface area (Å²) < 4.78 is 5.28. The van der Waals surface area contributed by atoms with E-state index in [1.165, 1.54) is 0 Å². The van der Waals surface area contributed by atoms with E-state index < -0.39 is 0 Å². The number of nitrogens with zero attached hydrogens (tertiary/aromatic N) is 3. The van der Waals surface area contributed by atoms with Crippen molar-refractivity contribution in [2.45, 2.75) is 13.5 Å². The van der Waals surface area contributed by atoms with Crippen LogP contribution in [0.25, 0.3) is 11.0 Å². The Morgan fingerprint density at radius 2 is 2.20 bits per heavy atom. The number of rotatable bonds is 1. The molecule has 0 amide bonds. The first-order valence-corrected chi connectivity index (χ1v) is 6.43. The van der Waals surface area contributed by atoms with Gasteiger partial charge in [0.25, 0.3) is 0 Å². The van der Waals surface area contributed by atoms with E-state index in [0.717, 1.165) is 39.4 Å². The Balaban J connectivity index is 1.68. The molecule has 0 aliphatic carbocycles. The van der Waals surface area contributed by atoms with Crippen molar-refractivity contribution >= 4 is 22.5 Å². The second-order valence-corrected chi connectivity index (χ2v) is 4.78. The summed E-state index contributed by atoms with van der Waals surface area (Å²) in [6.45, 7) is 2.61. The molecule has 0 bridgehead atoms. The molecule has 0 saturated heterocycles. The van der Waals surface area contributed by atoms with Gasteiger partial charge in [-0.1, -0.05) is 11.2 Å². The van der Waals surface area contributed by atoms with E-state index in [1.807, 2.05) is 37.3 Å². The summed E-state index contributed by atoms with van der Waals surface area (Å²) in [6, 6.07) is 9.90. The molecule has 0 radical (unpaired) electrons. The summed E-state index contributed by atoms with van der Waals surface area (Å²) in [5, 5.41) is 8.29. The first kappa shape index (κ1) is 11.2. The number of fused-ring (bicyclic) bond motifs is 2. The Labute approximate surface area is 115 Å². The third-order valence-corrected chi connectivity index (χ3v) is 3.44. The second-order valence-electron chi connectivity index (χ2n) is 4.78. The summed E-state index contributed by atoms with van der Waals surface area (Å²) in [5.41, 5.74) is 4.66. The van der Waals surface area contributed by atoms with Crippen LogP contribution < -0.4 is 5.32 Å². The fraction of sp³-hybridized carbons (Fsp3) is 0.133. The number of aromatic nitrogens is 2. The Kier molecular flexibility index (Phi) is 2.32. The van der Waals surface area contributed by atoms with Gasteiger partial charge in [-0.2, -0.15) is 0 Å². The molecule has 2 aromatic heterocycles. The highest BCUT2D eigenvalue weighted by atomic mass is 16.5. The van der Waals surface area contributed by atoms with Crippen molar-refractivity contribution in [3.8, 4) is 0 Å². The van der Waals surface area contributed by atoms with Crippen LogP contribution in [-0.2, 0) is 6.54 Å². The van der Waals surface area contributed by atoms with Gasteiger partial charge in [0.15, 0.2) is 11.4 Å². The van der Waals surface area contributed by atoms with Crippen molar-refractivity contribution in [3.05, 3.63) is 53.5 Å². The monoisotopic (exact) mass is 264 g/mol. The maximum Gasteiger partial charge on any atom is 0.169 e. The van der Waals surface area contributed by atoms with E-state index in [9.17, 15) is 0 Å². The molecule has 0 unspecified atom stereocenters. The Hall–Kier alpha value is -2.69. The fourth-order valence-corrected chi connectivity index (χ4v) is 2.40. The van der Waals surface area contributed by atoms with Crippen molar-refractivity contribution in [1.29, 1.82) is 0 Å². The molecule has 20 heavy (non-hydrogen) atoms. The van der Waals surface area contributed by atoms with E-state index in [2.05, 4.69) is 20.4 Å². The van der Waals surface area contributed by atoms with Gasteiger partial charge in [-0.05, 0) is 25.1 Å². The van der Waals surface area contributed by atoms with Crippen molar-refractivity contribution in [2.75, 3.05) is 5.32 Å². The van der Waals surface area contributed by atoms with Crippen LogP contribution in [0.4, 0.5) is 5.69 Å². The lowest BCUT2D eigenvalue weighted by atomic mass is 10.2. The number of pyridine rings is 1. The number of amidine groups is 1. The minimum atomic E-state index is 0.676. The smallest absolute Gasteiger partial charge is 0.169 e. The SMILES string of the molecule is Cc1noc2cc(NC3=NCc4cccnc43)ccc12. The number of hydrogen-bond acceptors (Lipinski definition) is 5. The van der Waals surface area contributed by atoms with Crippen molar-refractivity contribution in [1.82, 2.24) is 10.1 Å². The molecule has 1 aromatic carbocycles. The maximum absolute atomic E-state index is 5.28. The number of aryl methyl sites for hydroxylation is 1. The first-order valence-electron chi connectivity index (χ1n) is 6.43. The zero-order chi connectivity index (χ0) is 13.5. The molecular formula is C15H12N4O. The van der Waals surface area contributed by atoms with Gasteiger partial charge in [-0.25, -0.2) is 0 Å². The number of nitrogens with one attached hydrogen (secondary N) is 1. The van der Waals surface area contributed by atoms with Crippen molar-refractivity contribution in [3.63, 3.8) is 0 Å². The first-order chi connectivity index (χ1) is 9.81. The average molecular weight is 264 g/mol. The fourth-order valence-electron chi connectivity index (χ4n) is 2.40. The van der Waals surface area contributed by atoms with E-state index in [0.29, 0.717) is 6.54 Å². The van der Waals surface area contributed by atoms with Crippen LogP contribution in [0, 0.1) is 6.92 Å². The minimum absolute atomic E-state index is 0.676. The molecule has 0 atom stereocenters. The molecule has 4 rings (SSSR count). The quantitative estimate of drug-likeness (QED) is 0.734. The molecule has 3 heterocycles. The zero-order valence-corrected chi connectivity index (χ0v) is 10.9. The van der Waals surface area contributed by atoms with Gasteiger partial charge < -0.3 is 9.84 Å². The second kappa shape index (κ2) is 4.16. The molecule has 0 saturated carbocycles. The van der Waals surface area contributed by atoms with Gasteiger partial charge in [0.05, 0.1) is 12.2 Å². The zero-order valence-electron chi connectivity index (χ0n) is 10.9. The average Bonchev–Trinajstić information content (AvgIpc) is 3.04. The van der Waals surface area contributed by atoms with Crippen LogP contribution in [0.5, 0.6) is 0 Å². The van der Waals surface area contributed by atoms with Gasteiger partial charge in [0, 0.05) is 28.9 Å². The predicted molar refractivity (Wildman–Crippen MR) is 76.8 cm³/mol. The maximum atomic E-state index is 5.28. The predicted octanol–water partition coefficient (Wildman–Crippen LogP) is 2.90. The Bertz CT molecular complexity index is 835. The summed E-state index contributed by atoms with van der Waals surface area (Å²) >= 11 is 0. The molecule has 98 valence electrons. The van der Waals surface area contributed by atoms with Crippen LogP contribution in [0.3, 0.4) is 0 Å². The third-order valence-electron chi connectivity index (χ3n) is 3.44. The summed E-state index contributed by atoms with van der Waals surface area (Å²) in [4.78, 5) is 8.86. The van der Waals surface area contributed by atoms with Crippen LogP contribution in [0.2, 0.25) is 0 Å². The number of hydrogen-bond donors (Lipinski definition) is 1. The number of anilines is 1. The van der Waals surface area contributed by atoms with Crippen molar-refractivity contribution < 1.29 is 4.52 Å². The standard InChI is InChI=1S/C15H12N4O/c1-9-12-5-4-11(7-13(12)20-19-9)18-15-14-10(8-17-15)3-2-6-16-14/h2-7H,8H2,1H3,(H,17,18). The molecule has 5 heteroatoms. The molecular weight excluding hydrogens is 252 g/mol. The van der Waals surface area contributed by atoms with E-state index >= 15 is 0 Å². The number of aliphatic imine (C=N–C) groups is 1. The van der Waals surface area contributed by atoms with Crippen LogP contribution in [0.1, 0.15) is 17.0 Å². The molecule has 1 aliphatic heterocycles. The van der Waals surface area contributed by atoms with E-state index in [-0.39, 0.29) is 0 Å². The highest BCUT2D eigenvalue weighted by Crippen LogP contribution is 2.23. The molecule has 1 aliphatic rings. The van der Waals surface area contributed by atoms with Gasteiger partial charge in [-0.3, -0.25) is 9.98 Å². The van der Waals surface area contributed by atoms with Gasteiger partial charge in [0.1, 0.15) is 5.69 Å². The van der Waals surface area contributed by atoms with Gasteiger partial charge in [-0.15, -0.1) is 0 Å². The lowest BCUT2D eigenvalue weighted by Gasteiger charge is -2.06. The highest BCUT2D eigenvalue weighted by molar-refractivity contribution is 6.09. The molecule has 0 spiro atoms. The van der Waals surface area contributed by atoms with Crippen LogP contribution >= 0.6 is 0 Å². The highest BCUT2D eigenvalue weighted by Gasteiger charge is 2.17. The molecule has 3 aromatic rings. The van der Waals surface area contributed by atoms with Crippen molar-refractivity contribution in [2.24, 2.45) is 4.99 Å². The normalized spacial score (nSPS) is 13.3. The lowest BCUT2D eigenvalue weighted by Crippen LogP contribution is -2.12. The van der Waals surface area contributed by atoms with E-state index in [4.69, 9.17) is 4.52 Å². The Morgan fingerprint density at radius 1 is 1.25 bits per heavy atom. The van der Waals surface area contributed by atoms with Crippen LogP contribution in [0.15, 0.2) is 46.0 Å². The molecule has 5 nitrogen and oxygen atoms in total. The summed E-state index contributed by atoms with van der Waals surface area (Å²) in [6.07, 6.45) is 1.78. The molecule has 0 fully saturated rings.